The Balaban J connectivity index is 4.30. The van der Waals surface area contributed by atoms with Crippen LogP contribution in [0.1, 0.15) is 20.3 Å². The van der Waals surface area contributed by atoms with Crippen molar-refractivity contribution < 1.29 is 14.6 Å². The molecule has 58 valence electrons. The minimum Gasteiger partial charge on any atom is -0.502 e. The highest BCUT2D eigenvalue weighted by Crippen LogP contribution is 2.05. The number of esters is 1. The van der Waals surface area contributed by atoms with Crippen molar-refractivity contribution >= 4 is 5.97 Å². The summed E-state index contributed by atoms with van der Waals surface area (Å²) in [6, 6.07) is 0. The van der Waals surface area contributed by atoms with E-state index in [-0.39, 0.29) is 5.76 Å². The molecule has 0 aliphatic carbocycles. The topological polar surface area (TPSA) is 46.5 Å². The zero-order valence-electron chi connectivity index (χ0n) is 6.47. The number of methoxy groups -OCH3 is 1. The fourth-order valence-corrected chi connectivity index (χ4v) is 0.438. The number of allylic oxidation sites excluding steroid dienone is 1. The highest BCUT2D eigenvalue weighted by molar-refractivity contribution is 5.86. The summed E-state index contributed by atoms with van der Waals surface area (Å²) in [5.41, 5.74) is 0.645. The smallest absolute Gasteiger partial charge is 0.373 e. The molecule has 0 spiro atoms. The Morgan fingerprint density at radius 2 is 2.10 bits per heavy atom. The van der Waals surface area contributed by atoms with E-state index in [0.29, 0.717) is 12.0 Å². The third-order valence-corrected chi connectivity index (χ3v) is 1.31. The number of carbonyl (C=O) groups is 1. The predicted octanol–water partition coefficient (Wildman–Crippen LogP) is 1.40. The highest BCUT2D eigenvalue weighted by Gasteiger charge is 2.08. The first-order chi connectivity index (χ1) is 4.63. The fourth-order valence-electron chi connectivity index (χ4n) is 0.438. The number of aliphatic hydroxyl groups excluding tert-OH is 1. The highest BCUT2D eigenvalue weighted by atomic mass is 16.5. The molecule has 0 atom stereocenters. The van der Waals surface area contributed by atoms with Gasteiger partial charge in [0.05, 0.1) is 7.11 Å². The lowest BCUT2D eigenvalue weighted by molar-refractivity contribution is -0.139. The number of carbonyl (C=O) groups excluding carboxylic acids is 1. The van der Waals surface area contributed by atoms with Gasteiger partial charge in [0, 0.05) is 0 Å². The zero-order chi connectivity index (χ0) is 8.15. The van der Waals surface area contributed by atoms with E-state index in [1.54, 1.807) is 6.92 Å². The average molecular weight is 144 g/mol. The lowest BCUT2D eigenvalue weighted by Gasteiger charge is -2.00. The molecule has 0 aliphatic rings. The van der Waals surface area contributed by atoms with Gasteiger partial charge < -0.3 is 9.84 Å². The van der Waals surface area contributed by atoms with Crippen LogP contribution >= 0.6 is 0 Å². The molecule has 0 fully saturated rings. The summed E-state index contributed by atoms with van der Waals surface area (Å²) in [7, 11) is 1.24. The van der Waals surface area contributed by atoms with Crippen molar-refractivity contribution in [1.82, 2.24) is 0 Å². The summed E-state index contributed by atoms with van der Waals surface area (Å²) >= 11 is 0. The van der Waals surface area contributed by atoms with E-state index in [0.717, 1.165) is 0 Å². The minimum absolute atomic E-state index is 0.273. The first-order valence-electron chi connectivity index (χ1n) is 3.10. The Morgan fingerprint density at radius 1 is 1.60 bits per heavy atom. The van der Waals surface area contributed by atoms with Crippen LogP contribution < -0.4 is 0 Å². The minimum atomic E-state index is -0.667. The number of ether oxygens (including phenoxy) is 1. The quantitative estimate of drug-likeness (QED) is 0.362. The summed E-state index contributed by atoms with van der Waals surface area (Å²) in [4.78, 5) is 10.6. The van der Waals surface area contributed by atoms with Gasteiger partial charge in [-0.1, -0.05) is 6.92 Å². The molecule has 0 rings (SSSR count). The first-order valence-corrected chi connectivity index (χ1v) is 3.10. The number of aliphatic hydroxyl groups is 1. The van der Waals surface area contributed by atoms with E-state index in [2.05, 4.69) is 4.74 Å². The van der Waals surface area contributed by atoms with Crippen molar-refractivity contribution in [2.45, 2.75) is 20.3 Å². The van der Waals surface area contributed by atoms with Crippen molar-refractivity contribution in [3.8, 4) is 0 Å². The van der Waals surface area contributed by atoms with Gasteiger partial charge in [-0.25, -0.2) is 4.79 Å². The van der Waals surface area contributed by atoms with Crippen LogP contribution in [0.2, 0.25) is 0 Å². The molecule has 0 aromatic heterocycles. The second-order valence-electron chi connectivity index (χ2n) is 1.97. The number of hydrogen-bond donors (Lipinski definition) is 1. The van der Waals surface area contributed by atoms with Crippen LogP contribution in [-0.4, -0.2) is 18.2 Å². The van der Waals surface area contributed by atoms with Crippen molar-refractivity contribution in [3.63, 3.8) is 0 Å². The van der Waals surface area contributed by atoms with Gasteiger partial charge >= 0.3 is 5.97 Å². The van der Waals surface area contributed by atoms with Gasteiger partial charge in [0.2, 0.25) is 5.76 Å². The first kappa shape index (κ1) is 9.01. The molecule has 3 nitrogen and oxygen atoms in total. The lowest BCUT2D eigenvalue weighted by Crippen LogP contribution is -2.05. The molecule has 1 N–H and O–H groups in total. The zero-order valence-corrected chi connectivity index (χ0v) is 6.47. The molecule has 0 bridgehead atoms. The SMILES string of the molecule is CCC(C)=C(O)C(=O)OC. The number of rotatable bonds is 2. The molecule has 0 saturated carbocycles. The molecule has 0 radical (unpaired) electrons. The third-order valence-electron chi connectivity index (χ3n) is 1.31. The fraction of sp³-hybridized carbons (Fsp3) is 0.571. The Labute approximate surface area is 60.3 Å². The molecule has 0 heterocycles. The summed E-state index contributed by atoms with van der Waals surface area (Å²) in [6.07, 6.45) is 0.654. The van der Waals surface area contributed by atoms with E-state index >= 15 is 0 Å². The maximum atomic E-state index is 10.6. The van der Waals surface area contributed by atoms with Crippen LogP contribution in [0.25, 0.3) is 0 Å². The van der Waals surface area contributed by atoms with Gasteiger partial charge in [-0.2, -0.15) is 0 Å². The maximum Gasteiger partial charge on any atom is 0.373 e. The summed E-state index contributed by atoms with van der Waals surface area (Å²) in [5, 5.41) is 8.99. The number of hydrogen-bond acceptors (Lipinski definition) is 3. The van der Waals surface area contributed by atoms with Crippen LogP contribution in [0, 0.1) is 0 Å². The molecule has 0 aromatic rings. The van der Waals surface area contributed by atoms with E-state index in [4.69, 9.17) is 5.11 Å². The molecule has 0 aromatic carbocycles. The molecule has 0 amide bonds. The van der Waals surface area contributed by atoms with Gasteiger partial charge in [-0.05, 0) is 18.9 Å². The van der Waals surface area contributed by atoms with E-state index in [1.807, 2.05) is 6.92 Å². The van der Waals surface area contributed by atoms with E-state index < -0.39 is 5.97 Å². The Hall–Kier alpha value is -0.990. The summed E-state index contributed by atoms with van der Waals surface area (Å²) < 4.78 is 4.29. The Morgan fingerprint density at radius 3 is 2.40 bits per heavy atom. The van der Waals surface area contributed by atoms with Crippen molar-refractivity contribution in [2.75, 3.05) is 7.11 Å². The van der Waals surface area contributed by atoms with Crippen LogP contribution in [0.15, 0.2) is 11.3 Å². The molecule has 10 heavy (non-hydrogen) atoms. The van der Waals surface area contributed by atoms with Crippen LogP contribution in [0.4, 0.5) is 0 Å². The standard InChI is InChI=1S/C7H12O3/c1-4-5(2)6(8)7(9)10-3/h8H,4H2,1-3H3. The second kappa shape index (κ2) is 3.93. The van der Waals surface area contributed by atoms with Crippen molar-refractivity contribution in [3.05, 3.63) is 11.3 Å². The lowest BCUT2D eigenvalue weighted by atomic mass is 10.2. The second-order valence-corrected chi connectivity index (χ2v) is 1.97. The summed E-state index contributed by atoms with van der Waals surface area (Å²) in [6.45, 7) is 3.54. The van der Waals surface area contributed by atoms with Gasteiger partial charge in [-0.15, -0.1) is 0 Å². The monoisotopic (exact) mass is 144 g/mol. The van der Waals surface area contributed by atoms with Gasteiger partial charge in [0.25, 0.3) is 0 Å². The predicted molar refractivity (Wildman–Crippen MR) is 37.6 cm³/mol. The molecular weight excluding hydrogens is 132 g/mol. The third kappa shape index (κ3) is 2.09. The van der Waals surface area contributed by atoms with Crippen molar-refractivity contribution in [1.29, 1.82) is 0 Å². The van der Waals surface area contributed by atoms with E-state index in [1.165, 1.54) is 7.11 Å². The maximum absolute atomic E-state index is 10.6. The molecular formula is C7H12O3. The van der Waals surface area contributed by atoms with Gasteiger partial charge in [-0.3, -0.25) is 0 Å². The molecule has 0 saturated heterocycles. The summed E-state index contributed by atoms with van der Waals surface area (Å²) in [5.74, 6) is -0.940. The van der Waals surface area contributed by atoms with Gasteiger partial charge in [0.15, 0.2) is 0 Å². The normalized spacial score (nSPS) is 12.3. The van der Waals surface area contributed by atoms with Crippen LogP contribution in [0.5, 0.6) is 0 Å². The molecule has 0 aliphatic heterocycles. The Bertz CT molecular complexity index is 158. The van der Waals surface area contributed by atoms with E-state index in [9.17, 15) is 4.79 Å². The van der Waals surface area contributed by atoms with Crippen LogP contribution in [-0.2, 0) is 9.53 Å². The largest absolute Gasteiger partial charge is 0.502 e. The van der Waals surface area contributed by atoms with Gasteiger partial charge in [0.1, 0.15) is 0 Å². The van der Waals surface area contributed by atoms with Crippen molar-refractivity contribution in [2.24, 2.45) is 0 Å². The Kier molecular flexibility index (Phi) is 3.54. The van der Waals surface area contributed by atoms with Crippen LogP contribution in [0.3, 0.4) is 0 Å². The molecule has 0 unspecified atom stereocenters. The average Bonchev–Trinajstić information content (AvgIpc) is 2.00. The molecule has 3 heteroatoms.